The molecule has 4 rings (SSSR count). The van der Waals surface area contributed by atoms with Crippen molar-refractivity contribution >= 4 is 11.7 Å². The number of aromatic amines is 1. The summed E-state index contributed by atoms with van der Waals surface area (Å²) in [6.45, 7) is 7.83. The van der Waals surface area contributed by atoms with E-state index in [4.69, 9.17) is 0 Å². The first kappa shape index (κ1) is 14.3. The van der Waals surface area contributed by atoms with Crippen molar-refractivity contribution < 1.29 is 4.79 Å². The van der Waals surface area contributed by atoms with Crippen LogP contribution in [0.5, 0.6) is 0 Å². The van der Waals surface area contributed by atoms with Gasteiger partial charge in [-0.2, -0.15) is 0 Å². The van der Waals surface area contributed by atoms with E-state index in [1.165, 1.54) is 5.56 Å². The SMILES string of the molecule is Cc1[nH]cnc1CN1CC(C)(C)C2Cc3ccccc3N2C1=O. The van der Waals surface area contributed by atoms with E-state index in [0.29, 0.717) is 6.54 Å². The molecule has 1 fully saturated rings. The molecule has 1 unspecified atom stereocenters. The lowest BCUT2D eigenvalue weighted by atomic mass is 9.80. The third-order valence-electron chi connectivity index (χ3n) is 5.23. The molecule has 1 atom stereocenters. The number of anilines is 1. The molecule has 0 spiro atoms. The molecule has 0 saturated carbocycles. The first-order chi connectivity index (χ1) is 11.0. The van der Waals surface area contributed by atoms with Crippen molar-refractivity contribution in [1.82, 2.24) is 14.9 Å². The zero-order valence-corrected chi connectivity index (χ0v) is 13.8. The van der Waals surface area contributed by atoms with Crippen molar-refractivity contribution in [2.45, 2.75) is 39.8 Å². The van der Waals surface area contributed by atoms with Gasteiger partial charge in [0.05, 0.1) is 18.6 Å². The smallest absolute Gasteiger partial charge is 0.325 e. The quantitative estimate of drug-likeness (QED) is 0.926. The number of hydrogen-bond donors (Lipinski definition) is 1. The van der Waals surface area contributed by atoms with Gasteiger partial charge in [0.1, 0.15) is 0 Å². The largest absolute Gasteiger partial charge is 0.348 e. The molecule has 2 aliphatic heterocycles. The normalized spacial score (nSPS) is 22.2. The third-order valence-corrected chi connectivity index (χ3v) is 5.23. The van der Waals surface area contributed by atoms with Gasteiger partial charge in [-0.05, 0) is 25.0 Å². The van der Waals surface area contributed by atoms with E-state index < -0.39 is 0 Å². The van der Waals surface area contributed by atoms with E-state index in [1.54, 1.807) is 6.33 Å². The summed E-state index contributed by atoms with van der Waals surface area (Å²) in [5, 5.41) is 0. The van der Waals surface area contributed by atoms with Crippen LogP contribution in [0, 0.1) is 12.3 Å². The van der Waals surface area contributed by atoms with Crippen LogP contribution in [-0.2, 0) is 13.0 Å². The first-order valence-electron chi connectivity index (χ1n) is 8.12. The zero-order valence-electron chi connectivity index (χ0n) is 13.8. The molecule has 5 nitrogen and oxygen atoms in total. The number of H-pyrrole nitrogens is 1. The summed E-state index contributed by atoms with van der Waals surface area (Å²) in [6.07, 6.45) is 2.64. The molecule has 0 radical (unpaired) electrons. The van der Waals surface area contributed by atoms with Crippen LogP contribution in [-0.4, -0.2) is 33.5 Å². The van der Waals surface area contributed by atoms with E-state index in [2.05, 4.69) is 42.0 Å². The minimum atomic E-state index is 0.0388. The fourth-order valence-electron chi connectivity index (χ4n) is 3.92. The lowest BCUT2D eigenvalue weighted by Gasteiger charge is -2.47. The second-order valence-electron chi connectivity index (χ2n) is 7.32. The number of rotatable bonds is 2. The molecule has 0 bridgehead atoms. The van der Waals surface area contributed by atoms with E-state index >= 15 is 0 Å². The Morgan fingerprint density at radius 1 is 1.35 bits per heavy atom. The lowest BCUT2D eigenvalue weighted by Crippen LogP contribution is -2.61. The summed E-state index contributed by atoms with van der Waals surface area (Å²) in [7, 11) is 0. The predicted molar refractivity (Wildman–Crippen MR) is 89.3 cm³/mol. The number of urea groups is 1. The maximum absolute atomic E-state index is 13.1. The monoisotopic (exact) mass is 310 g/mol. The number of amides is 2. The minimum absolute atomic E-state index is 0.0388. The van der Waals surface area contributed by atoms with Crippen LogP contribution in [0.15, 0.2) is 30.6 Å². The molecule has 3 heterocycles. The minimum Gasteiger partial charge on any atom is -0.348 e. The van der Waals surface area contributed by atoms with Crippen LogP contribution in [0.4, 0.5) is 10.5 Å². The van der Waals surface area contributed by atoms with Gasteiger partial charge < -0.3 is 9.88 Å². The number of aryl methyl sites for hydroxylation is 1. The molecule has 5 heteroatoms. The van der Waals surface area contributed by atoms with Crippen molar-refractivity contribution in [2.75, 3.05) is 11.4 Å². The van der Waals surface area contributed by atoms with E-state index in [-0.39, 0.29) is 17.5 Å². The Balaban J connectivity index is 1.70. The molecular weight excluding hydrogens is 288 g/mol. The van der Waals surface area contributed by atoms with Crippen molar-refractivity contribution in [2.24, 2.45) is 5.41 Å². The number of carbonyl (C=O) groups is 1. The van der Waals surface area contributed by atoms with Gasteiger partial charge in [0.15, 0.2) is 0 Å². The summed E-state index contributed by atoms with van der Waals surface area (Å²) in [4.78, 5) is 24.5. The fraction of sp³-hybridized carbons (Fsp3) is 0.444. The Morgan fingerprint density at radius 3 is 2.87 bits per heavy atom. The molecule has 2 aliphatic rings. The highest BCUT2D eigenvalue weighted by Gasteiger charge is 2.49. The van der Waals surface area contributed by atoms with Crippen molar-refractivity contribution in [1.29, 1.82) is 0 Å². The Labute approximate surface area is 136 Å². The second-order valence-corrected chi connectivity index (χ2v) is 7.32. The van der Waals surface area contributed by atoms with Gasteiger partial charge in [-0.3, -0.25) is 4.90 Å². The van der Waals surface area contributed by atoms with Gasteiger partial charge in [0.25, 0.3) is 0 Å². The summed E-state index contributed by atoms with van der Waals surface area (Å²) >= 11 is 0. The maximum Gasteiger partial charge on any atom is 0.325 e. The number of imidazole rings is 1. The Bertz CT molecular complexity index is 764. The number of nitrogens with zero attached hydrogens (tertiary/aromatic N) is 3. The summed E-state index contributed by atoms with van der Waals surface area (Å²) in [5.41, 5.74) is 4.35. The van der Waals surface area contributed by atoms with Crippen LogP contribution < -0.4 is 4.90 Å². The molecule has 2 aromatic rings. The number of nitrogens with one attached hydrogen (secondary N) is 1. The third kappa shape index (κ3) is 2.14. The topological polar surface area (TPSA) is 52.2 Å². The number of aromatic nitrogens is 2. The Morgan fingerprint density at radius 2 is 2.13 bits per heavy atom. The summed E-state index contributed by atoms with van der Waals surface area (Å²) in [6, 6.07) is 8.61. The van der Waals surface area contributed by atoms with Crippen molar-refractivity contribution in [3.8, 4) is 0 Å². The van der Waals surface area contributed by atoms with Crippen molar-refractivity contribution in [3.63, 3.8) is 0 Å². The van der Waals surface area contributed by atoms with E-state index in [9.17, 15) is 4.79 Å². The Kier molecular flexibility index (Phi) is 3.01. The Hall–Kier alpha value is -2.30. The molecular formula is C18H22N4O. The average Bonchev–Trinajstić information content (AvgIpc) is 3.09. The van der Waals surface area contributed by atoms with E-state index in [0.717, 1.165) is 30.0 Å². The molecule has 120 valence electrons. The molecule has 2 amide bonds. The zero-order chi connectivity index (χ0) is 16.2. The summed E-state index contributed by atoms with van der Waals surface area (Å²) < 4.78 is 0. The highest BCUT2D eigenvalue weighted by atomic mass is 16.2. The predicted octanol–water partition coefficient (Wildman–Crippen LogP) is 3.11. The lowest BCUT2D eigenvalue weighted by molar-refractivity contribution is 0.121. The van der Waals surface area contributed by atoms with Crippen LogP contribution in [0.2, 0.25) is 0 Å². The molecule has 1 N–H and O–H groups in total. The van der Waals surface area contributed by atoms with Crippen LogP contribution in [0.3, 0.4) is 0 Å². The van der Waals surface area contributed by atoms with Gasteiger partial charge >= 0.3 is 6.03 Å². The standard InChI is InChI=1S/C18H22N4O/c1-12-14(20-11-19-12)9-21-10-18(2,3)16-8-13-6-4-5-7-15(13)22(16)17(21)23/h4-7,11,16H,8-10H2,1-3H3,(H,19,20). The van der Waals surface area contributed by atoms with Crippen LogP contribution in [0.1, 0.15) is 30.8 Å². The van der Waals surface area contributed by atoms with Gasteiger partial charge in [0, 0.05) is 29.4 Å². The van der Waals surface area contributed by atoms with Gasteiger partial charge in [0.2, 0.25) is 0 Å². The number of benzene rings is 1. The first-order valence-corrected chi connectivity index (χ1v) is 8.12. The van der Waals surface area contributed by atoms with Gasteiger partial charge in [-0.15, -0.1) is 0 Å². The highest BCUT2D eigenvalue weighted by Crippen LogP contribution is 2.44. The van der Waals surface area contributed by atoms with Gasteiger partial charge in [-0.1, -0.05) is 32.0 Å². The molecule has 1 aromatic heterocycles. The number of para-hydroxylation sites is 1. The average molecular weight is 310 g/mol. The molecule has 1 saturated heterocycles. The van der Waals surface area contributed by atoms with Gasteiger partial charge in [-0.25, -0.2) is 9.78 Å². The molecule has 0 aliphatic carbocycles. The number of fused-ring (bicyclic) bond motifs is 3. The van der Waals surface area contributed by atoms with Crippen molar-refractivity contribution in [3.05, 3.63) is 47.5 Å². The van der Waals surface area contributed by atoms with E-state index in [1.807, 2.05) is 22.8 Å². The molecule has 23 heavy (non-hydrogen) atoms. The van der Waals surface area contributed by atoms with Crippen LogP contribution in [0.25, 0.3) is 0 Å². The maximum atomic E-state index is 13.1. The summed E-state index contributed by atoms with van der Waals surface area (Å²) in [5.74, 6) is 0. The fourth-order valence-corrected chi connectivity index (χ4v) is 3.92. The number of carbonyl (C=O) groups excluding carboxylic acids is 1. The number of hydrogen-bond acceptors (Lipinski definition) is 2. The second kappa shape index (κ2) is 4.85. The molecule has 1 aromatic carbocycles. The van der Waals surface area contributed by atoms with Crippen LogP contribution >= 0.6 is 0 Å². The highest BCUT2D eigenvalue weighted by molar-refractivity contribution is 5.96.